The molecule has 1 unspecified atom stereocenters. The van der Waals surface area contributed by atoms with Gasteiger partial charge in [-0.15, -0.1) is 11.3 Å². The van der Waals surface area contributed by atoms with Crippen LogP contribution in [0.1, 0.15) is 16.6 Å². The first-order valence-corrected chi connectivity index (χ1v) is 8.41. The third-order valence-corrected chi connectivity index (χ3v) is 5.62. The Labute approximate surface area is 137 Å². The van der Waals surface area contributed by atoms with E-state index >= 15 is 0 Å². The van der Waals surface area contributed by atoms with Gasteiger partial charge in [-0.1, -0.05) is 18.2 Å². The summed E-state index contributed by atoms with van der Waals surface area (Å²) in [5.41, 5.74) is 4.70. The second kappa shape index (κ2) is 5.91. The minimum atomic E-state index is -0.150. The van der Waals surface area contributed by atoms with Crippen molar-refractivity contribution in [2.24, 2.45) is 5.84 Å². The van der Waals surface area contributed by atoms with Crippen molar-refractivity contribution in [3.05, 3.63) is 61.3 Å². The molecule has 3 nitrogen and oxygen atoms in total. The number of rotatable bonds is 3. The van der Waals surface area contributed by atoms with Crippen LogP contribution in [-0.4, -0.2) is 4.98 Å². The van der Waals surface area contributed by atoms with Gasteiger partial charge in [0, 0.05) is 19.2 Å². The summed E-state index contributed by atoms with van der Waals surface area (Å²) in [7, 11) is 0. The highest BCUT2D eigenvalue weighted by molar-refractivity contribution is 9.10. The van der Waals surface area contributed by atoms with Crippen LogP contribution in [0, 0.1) is 0 Å². The highest BCUT2D eigenvalue weighted by atomic mass is 79.9. The van der Waals surface area contributed by atoms with E-state index in [9.17, 15) is 0 Å². The third kappa shape index (κ3) is 2.54. The lowest BCUT2D eigenvalue weighted by Gasteiger charge is -2.17. The molecule has 0 bridgehead atoms. The molecule has 0 aliphatic rings. The maximum Gasteiger partial charge on any atom is 0.0996 e. The Bertz CT molecular complexity index is 757. The van der Waals surface area contributed by atoms with Crippen LogP contribution in [0.4, 0.5) is 0 Å². The quantitative estimate of drug-likeness (QED) is 0.495. The number of hydrazine groups is 1. The number of pyridine rings is 1. The van der Waals surface area contributed by atoms with Crippen LogP contribution in [0.5, 0.6) is 0 Å². The Morgan fingerprint density at radius 3 is 2.65 bits per heavy atom. The van der Waals surface area contributed by atoms with E-state index in [4.69, 9.17) is 10.8 Å². The van der Waals surface area contributed by atoms with E-state index in [-0.39, 0.29) is 6.04 Å². The van der Waals surface area contributed by atoms with Gasteiger partial charge < -0.3 is 0 Å². The highest BCUT2D eigenvalue weighted by Crippen LogP contribution is 2.35. The number of nitrogens with zero attached hydrogens (tertiary/aromatic N) is 1. The van der Waals surface area contributed by atoms with Gasteiger partial charge in [0.25, 0.3) is 0 Å². The molecule has 2 aromatic heterocycles. The van der Waals surface area contributed by atoms with Crippen LogP contribution in [0.15, 0.2) is 50.7 Å². The van der Waals surface area contributed by atoms with Crippen molar-refractivity contribution in [1.82, 2.24) is 10.4 Å². The SMILES string of the molecule is NNC(c1nc2ccccc2cc1Br)c1sccc1Br. The second-order valence-corrected chi connectivity index (χ2v) is 6.94. The largest absolute Gasteiger partial charge is 0.270 e. The Kier molecular flexibility index (Phi) is 4.18. The molecule has 102 valence electrons. The molecule has 0 radical (unpaired) electrons. The van der Waals surface area contributed by atoms with Gasteiger partial charge in [-0.3, -0.25) is 5.84 Å². The molecule has 0 spiro atoms. The van der Waals surface area contributed by atoms with Crippen molar-refractivity contribution in [3.63, 3.8) is 0 Å². The molecule has 3 aromatic rings. The summed E-state index contributed by atoms with van der Waals surface area (Å²) >= 11 is 8.79. The second-order valence-electron chi connectivity index (χ2n) is 4.28. The van der Waals surface area contributed by atoms with Crippen molar-refractivity contribution in [3.8, 4) is 0 Å². The third-order valence-electron chi connectivity index (χ3n) is 3.05. The van der Waals surface area contributed by atoms with Crippen molar-refractivity contribution in [2.45, 2.75) is 6.04 Å². The standard InChI is InChI=1S/C14H11Br2N3S/c15-9-5-6-20-14(9)13(19-17)12-10(16)7-8-3-1-2-4-11(8)18-12/h1-7,13,19H,17H2. The van der Waals surface area contributed by atoms with E-state index in [2.05, 4.69) is 43.4 Å². The fraction of sp³-hybridized carbons (Fsp3) is 0.0714. The first-order chi connectivity index (χ1) is 9.70. The van der Waals surface area contributed by atoms with E-state index in [0.29, 0.717) is 0 Å². The molecule has 1 aromatic carbocycles. The van der Waals surface area contributed by atoms with Gasteiger partial charge in [0.15, 0.2) is 0 Å². The average molecular weight is 413 g/mol. The van der Waals surface area contributed by atoms with Gasteiger partial charge in [0.2, 0.25) is 0 Å². The summed E-state index contributed by atoms with van der Waals surface area (Å²) in [5, 5.41) is 3.13. The van der Waals surface area contributed by atoms with Crippen molar-refractivity contribution in [1.29, 1.82) is 0 Å². The van der Waals surface area contributed by atoms with Gasteiger partial charge in [-0.05, 0) is 55.4 Å². The summed E-state index contributed by atoms with van der Waals surface area (Å²) < 4.78 is 1.98. The van der Waals surface area contributed by atoms with Gasteiger partial charge in [0.1, 0.15) is 0 Å². The van der Waals surface area contributed by atoms with Gasteiger partial charge in [-0.25, -0.2) is 10.4 Å². The predicted octanol–water partition coefficient (Wildman–Crippen LogP) is 4.37. The number of thiophene rings is 1. The molecule has 3 rings (SSSR count). The summed E-state index contributed by atoms with van der Waals surface area (Å²) in [6.45, 7) is 0. The molecule has 1 atom stereocenters. The molecule has 0 fully saturated rings. The molecule has 20 heavy (non-hydrogen) atoms. The van der Waals surface area contributed by atoms with Crippen LogP contribution in [0.2, 0.25) is 0 Å². The van der Waals surface area contributed by atoms with E-state index in [0.717, 1.165) is 30.4 Å². The zero-order valence-electron chi connectivity index (χ0n) is 10.3. The lowest BCUT2D eigenvalue weighted by molar-refractivity contribution is 0.628. The number of halogens is 2. The van der Waals surface area contributed by atoms with Crippen LogP contribution >= 0.6 is 43.2 Å². The fourth-order valence-corrected chi connectivity index (χ4v) is 4.33. The first-order valence-electron chi connectivity index (χ1n) is 5.95. The molecule has 0 amide bonds. The Morgan fingerprint density at radius 2 is 1.95 bits per heavy atom. The maximum absolute atomic E-state index is 5.75. The first kappa shape index (κ1) is 14.2. The number of aromatic nitrogens is 1. The molecule has 0 saturated heterocycles. The minimum absolute atomic E-state index is 0.150. The summed E-state index contributed by atoms with van der Waals surface area (Å²) in [6, 6.07) is 12.0. The maximum atomic E-state index is 5.75. The minimum Gasteiger partial charge on any atom is -0.270 e. The van der Waals surface area contributed by atoms with E-state index in [1.807, 2.05) is 35.7 Å². The molecule has 3 N–H and O–H groups in total. The van der Waals surface area contributed by atoms with Gasteiger partial charge in [-0.2, -0.15) is 0 Å². The lowest BCUT2D eigenvalue weighted by atomic mass is 10.1. The number of nitrogens with two attached hydrogens (primary N) is 1. The molecule has 0 saturated carbocycles. The van der Waals surface area contributed by atoms with Crippen LogP contribution < -0.4 is 11.3 Å². The Morgan fingerprint density at radius 1 is 1.15 bits per heavy atom. The monoisotopic (exact) mass is 411 g/mol. The smallest absolute Gasteiger partial charge is 0.0996 e. The van der Waals surface area contributed by atoms with Crippen molar-refractivity contribution in [2.75, 3.05) is 0 Å². The number of hydrogen-bond donors (Lipinski definition) is 2. The van der Waals surface area contributed by atoms with Gasteiger partial charge >= 0.3 is 0 Å². The number of para-hydroxylation sites is 1. The summed E-state index contributed by atoms with van der Waals surface area (Å²) in [5.74, 6) is 5.75. The molecular weight excluding hydrogens is 402 g/mol. The van der Waals surface area contributed by atoms with E-state index < -0.39 is 0 Å². The summed E-state index contributed by atoms with van der Waals surface area (Å²) in [6.07, 6.45) is 0. The number of hydrogen-bond acceptors (Lipinski definition) is 4. The molecule has 6 heteroatoms. The zero-order valence-corrected chi connectivity index (χ0v) is 14.3. The molecular formula is C14H11Br2N3S. The predicted molar refractivity (Wildman–Crippen MR) is 90.6 cm³/mol. The van der Waals surface area contributed by atoms with Crippen molar-refractivity contribution >= 4 is 54.1 Å². The van der Waals surface area contributed by atoms with Gasteiger partial charge in [0.05, 0.1) is 17.3 Å². The van der Waals surface area contributed by atoms with Crippen molar-refractivity contribution < 1.29 is 0 Å². The molecule has 2 heterocycles. The topological polar surface area (TPSA) is 50.9 Å². The Hall–Kier alpha value is -0.790. The lowest BCUT2D eigenvalue weighted by Crippen LogP contribution is -2.29. The Balaban J connectivity index is 2.17. The van der Waals surface area contributed by atoms with Crippen LogP contribution in [0.25, 0.3) is 10.9 Å². The highest BCUT2D eigenvalue weighted by Gasteiger charge is 2.21. The molecule has 0 aliphatic carbocycles. The number of fused-ring (bicyclic) bond motifs is 1. The zero-order chi connectivity index (χ0) is 14.1. The fourth-order valence-electron chi connectivity index (χ4n) is 2.10. The van der Waals surface area contributed by atoms with E-state index in [1.54, 1.807) is 11.3 Å². The number of nitrogens with one attached hydrogen (secondary N) is 1. The normalized spacial score (nSPS) is 12.8. The number of benzene rings is 1. The molecule has 0 aliphatic heterocycles. The summed E-state index contributed by atoms with van der Waals surface area (Å²) in [4.78, 5) is 5.85. The van der Waals surface area contributed by atoms with Crippen LogP contribution in [-0.2, 0) is 0 Å². The van der Waals surface area contributed by atoms with Crippen LogP contribution in [0.3, 0.4) is 0 Å². The van der Waals surface area contributed by atoms with E-state index in [1.165, 1.54) is 0 Å². The average Bonchev–Trinajstić information content (AvgIpc) is 2.87.